The Morgan fingerprint density at radius 2 is 1.76 bits per heavy atom. The highest BCUT2D eigenvalue weighted by molar-refractivity contribution is 5.90. The first kappa shape index (κ1) is 22.1. The second kappa shape index (κ2) is 11.0. The van der Waals surface area contributed by atoms with Gasteiger partial charge in [-0.25, -0.2) is 4.79 Å². The molecule has 29 heavy (non-hydrogen) atoms. The van der Waals surface area contributed by atoms with E-state index in [1.807, 2.05) is 12.1 Å². The molecule has 160 valence electrons. The van der Waals surface area contributed by atoms with Crippen molar-refractivity contribution in [2.45, 2.75) is 97.5 Å². The molecule has 0 saturated heterocycles. The molecule has 2 nitrogen and oxygen atoms in total. The van der Waals surface area contributed by atoms with Crippen LogP contribution < -0.4 is 0 Å². The molecule has 1 aromatic rings. The van der Waals surface area contributed by atoms with Crippen molar-refractivity contribution in [3.63, 3.8) is 0 Å². The Hall–Kier alpha value is -1.57. The number of carbonyl (C=O) groups is 1. The predicted octanol–water partition coefficient (Wildman–Crippen LogP) is 7.82. The van der Waals surface area contributed by atoms with Crippen LogP contribution in [0.15, 0.2) is 30.3 Å². The van der Waals surface area contributed by atoms with E-state index in [1.54, 1.807) is 0 Å². The van der Waals surface area contributed by atoms with Crippen LogP contribution in [0.4, 0.5) is 0 Å². The van der Waals surface area contributed by atoms with Gasteiger partial charge < -0.3 is 4.74 Å². The number of carbonyl (C=O) groups excluding carboxylic acids is 1. The lowest BCUT2D eigenvalue weighted by atomic mass is 9.81. The molecule has 0 aliphatic heterocycles. The van der Waals surface area contributed by atoms with Crippen molar-refractivity contribution in [2.24, 2.45) is 17.8 Å². The standard InChI is InChI=1S/C27H40O2/c1-4-6-21-9-17-26(18-10-21)29-27(28)25-15-13-24(14-16-25)23-11-7-22(8-12-23)19-20(3)5-2/h11,13-16,20-22,26H,4-10,12,17-19H2,1-3H3/t20?,21-,22?,26-. The van der Waals surface area contributed by atoms with E-state index in [9.17, 15) is 4.79 Å². The summed E-state index contributed by atoms with van der Waals surface area (Å²) in [4.78, 5) is 12.5. The Balaban J connectivity index is 1.49. The largest absolute Gasteiger partial charge is 0.459 e. The summed E-state index contributed by atoms with van der Waals surface area (Å²) < 4.78 is 5.80. The molecule has 2 heteroatoms. The van der Waals surface area contributed by atoms with Crippen molar-refractivity contribution in [1.82, 2.24) is 0 Å². The van der Waals surface area contributed by atoms with Crippen molar-refractivity contribution in [1.29, 1.82) is 0 Å². The summed E-state index contributed by atoms with van der Waals surface area (Å²) in [5, 5.41) is 0. The van der Waals surface area contributed by atoms with Gasteiger partial charge in [-0.1, -0.05) is 58.2 Å². The van der Waals surface area contributed by atoms with Gasteiger partial charge in [0.25, 0.3) is 0 Å². The normalized spacial score (nSPS) is 25.9. The molecule has 2 aliphatic carbocycles. The number of hydrogen-bond donors (Lipinski definition) is 0. The van der Waals surface area contributed by atoms with Gasteiger partial charge in [-0.15, -0.1) is 0 Å². The minimum absolute atomic E-state index is 0.110. The summed E-state index contributed by atoms with van der Waals surface area (Å²) >= 11 is 0. The van der Waals surface area contributed by atoms with Crippen LogP contribution in [0.25, 0.3) is 5.57 Å². The van der Waals surface area contributed by atoms with Gasteiger partial charge in [0.05, 0.1) is 5.56 Å². The molecule has 0 N–H and O–H groups in total. The summed E-state index contributed by atoms with van der Waals surface area (Å²) in [7, 11) is 0. The average Bonchev–Trinajstić information content (AvgIpc) is 2.76. The molecular weight excluding hydrogens is 356 g/mol. The zero-order chi connectivity index (χ0) is 20.6. The van der Waals surface area contributed by atoms with Crippen LogP contribution in [-0.2, 0) is 4.74 Å². The topological polar surface area (TPSA) is 26.3 Å². The molecule has 2 atom stereocenters. The predicted molar refractivity (Wildman–Crippen MR) is 122 cm³/mol. The zero-order valence-corrected chi connectivity index (χ0v) is 18.8. The lowest BCUT2D eigenvalue weighted by molar-refractivity contribution is 0.0161. The van der Waals surface area contributed by atoms with Crippen LogP contribution in [0.1, 0.15) is 107 Å². The van der Waals surface area contributed by atoms with Crippen molar-refractivity contribution in [3.05, 3.63) is 41.5 Å². The van der Waals surface area contributed by atoms with Gasteiger partial charge in [-0.2, -0.15) is 0 Å². The van der Waals surface area contributed by atoms with Gasteiger partial charge in [0.15, 0.2) is 0 Å². The molecule has 2 unspecified atom stereocenters. The molecular formula is C27H40O2. The third-order valence-corrected chi connectivity index (χ3v) is 7.21. The first-order chi connectivity index (χ1) is 14.1. The smallest absolute Gasteiger partial charge is 0.338 e. The fourth-order valence-corrected chi connectivity index (χ4v) is 5.09. The summed E-state index contributed by atoms with van der Waals surface area (Å²) in [5.41, 5.74) is 3.40. The molecule has 0 aromatic heterocycles. The average molecular weight is 397 g/mol. The Morgan fingerprint density at radius 1 is 1.03 bits per heavy atom. The number of ether oxygens (including phenoxy) is 1. The van der Waals surface area contributed by atoms with E-state index in [-0.39, 0.29) is 12.1 Å². The molecule has 0 amide bonds. The Morgan fingerprint density at radius 3 is 2.34 bits per heavy atom. The number of benzene rings is 1. The highest BCUT2D eigenvalue weighted by Crippen LogP contribution is 2.34. The molecule has 0 radical (unpaired) electrons. The molecule has 0 spiro atoms. The summed E-state index contributed by atoms with van der Waals surface area (Å²) in [5.74, 6) is 2.36. The lowest BCUT2D eigenvalue weighted by Gasteiger charge is -2.28. The maximum absolute atomic E-state index is 12.5. The first-order valence-electron chi connectivity index (χ1n) is 12.1. The van der Waals surface area contributed by atoms with Gasteiger partial charge in [-0.3, -0.25) is 0 Å². The van der Waals surface area contributed by atoms with Crippen LogP contribution in [0.3, 0.4) is 0 Å². The van der Waals surface area contributed by atoms with Crippen molar-refractivity contribution >= 4 is 11.5 Å². The Labute approximate surface area is 178 Å². The van der Waals surface area contributed by atoms with Crippen LogP contribution in [0, 0.1) is 17.8 Å². The van der Waals surface area contributed by atoms with Gasteiger partial charge in [-0.05, 0) is 92.4 Å². The fraction of sp³-hybridized carbons (Fsp3) is 0.667. The SMILES string of the molecule is CCC[C@H]1CC[C@H](OC(=O)c2ccc(C3=CCC(CC(C)CC)CC3)cc2)CC1. The molecule has 2 aliphatic rings. The van der Waals surface area contributed by atoms with E-state index < -0.39 is 0 Å². The molecule has 0 bridgehead atoms. The van der Waals surface area contributed by atoms with E-state index >= 15 is 0 Å². The second-order valence-electron chi connectivity index (χ2n) is 9.53. The maximum Gasteiger partial charge on any atom is 0.338 e. The van der Waals surface area contributed by atoms with E-state index in [1.165, 1.54) is 62.5 Å². The van der Waals surface area contributed by atoms with Gasteiger partial charge >= 0.3 is 5.97 Å². The minimum atomic E-state index is -0.151. The van der Waals surface area contributed by atoms with E-state index in [0.29, 0.717) is 5.56 Å². The van der Waals surface area contributed by atoms with Crippen LogP contribution in [-0.4, -0.2) is 12.1 Å². The Kier molecular flexibility index (Phi) is 8.39. The van der Waals surface area contributed by atoms with Gasteiger partial charge in [0.1, 0.15) is 6.10 Å². The van der Waals surface area contributed by atoms with Crippen molar-refractivity contribution < 1.29 is 9.53 Å². The highest BCUT2D eigenvalue weighted by atomic mass is 16.5. The fourth-order valence-electron chi connectivity index (χ4n) is 5.09. The molecule has 1 aromatic carbocycles. The third kappa shape index (κ3) is 6.46. The molecule has 3 rings (SSSR count). The minimum Gasteiger partial charge on any atom is -0.459 e. The van der Waals surface area contributed by atoms with Gasteiger partial charge in [0.2, 0.25) is 0 Å². The molecule has 1 saturated carbocycles. The molecule has 1 fully saturated rings. The van der Waals surface area contributed by atoms with Crippen LogP contribution in [0.2, 0.25) is 0 Å². The summed E-state index contributed by atoms with van der Waals surface area (Å²) in [6, 6.07) is 8.12. The van der Waals surface area contributed by atoms with Crippen molar-refractivity contribution in [2.75, 3.05) is 0 Å². The number of esters is 1. The monoisotopic (exact) mass is 396 g/mol. The highest BCUT2D eigenvalue weighted by Gasteiger charge is 2.24. The quantitative estimate of drug-likeness (QED) is 0.419. The third-order valence-electron chi connectivity index (χ3n) is 7.21. The van der Waals surface area contributed by atoms with Crippen LogP contribution in [0.5, 0.6) is 0 Å². The molecule has 0 heterocycles. The Bertz CT molecular complexity index is 664. The summed E-state index contributed by atoms with van der Waals surface area (Å²) in [6.45, 7) is 6.91. The number of hydrogen-bond acceptors (Lipinski definition) is 2. The van der Waals surface area contributed by atoms with E-state index in [2.05, 4.69) is 39.0 Å². The number of rotatable bonds is 8. The van der Waals surface area contributed by atoms with E-state index in [0.717, 1.165) is 37.0 Å². The van der Waals surface area contributed by atoms with Crippen LogP contribution >= 0.6 is 0 Å². The number of allylic oxidation sites excluding steroid dienone is 2. The zero-order valence-electron chi connectivity index (χ0n) is 18.8. The summed E-state index contributed by atoms with van der Waals surface area (Å²) in [6.07, 6.45) is 15.9. The van der Waals surface area contributed by atoms with E-state index in [4.69, 9.17) is 4.74 Å². The maximum atomic E-state index is 12.5. The van der Waals surface area contributed by atoms with Crippen molar-refractivity contribution in [3.8, 4) is 0 Å². The second-order valence-corrected chi connectivity index (χ2v) is 9.53. The van der Waals surface area contributed by atoms with Gasteiger partial charge in [0, 0.05) is 0 Å². The lowest BCUT2D eigenvalue weighted by Crippen LogP contribution is -2.24. The first-order valence-corrected chi connectivity index (χ1v) is 12.1.